The van der Waals surface area contributed by atoms with Gasteiger partial charge in [0.05, 0.1) is 5.52 Å². The number of aromatic nitrogens is 1. The predicted octanol–water partition coefficient (Wildman–Crippen LogP) is 2.84. The molecule has 0 amide bonds. The molecule has 4 rings (SSSR count). The lowest BCUT2D eigenvalue weighted by molar-refractivity contribution is 0.103. The first kappa shape index (κ1) is 12.1. The molecule has 2 aromatic carbocycles. The third kappa shape index (κ3) is 2.00. The molecule has 0 fully saturated rings. The summed E-state index contributed by atoms with van der Waals surface area (Å²) < 4.78 is 5.01. The number of hydrogen-bond donors (Lipinski definition) is 1. The fraction of sp³-hybridized carbons (Fsp3) is 0.176. The third-order valence-electron chi connectivity index (χ3n) is 4.04. The fourth-order valence-corrected chi connectivity index (χ4v) is 2.97. The van der Waals surface area contributed by atoms with E-state index in [0.717, 1.165) is 19.3 Å². The Hall–Kier alpha value is -2.62. The van der Waals surface area contributed by atoms with Crippen molar-refractivity contribution in [3.63, 3.8) is 0 Å². The van der Waals surface area contributed by atoms with Gasteiger partial charge in [-0.05, 0) is 54.7 Å². The number of nitrogens with one attached hydrogen (secondary N) is 1. The van der Waals surface area contributed by atoms with Crippen molar-refractivity contribution < 1.29 is 9.21 Å². The Morgan fingerprint density at radius 2 is 1.76 bits per heavy atom. The van der Waals surface area contributed by atoms with E-state index in [1.807, 2.05) is 18.2 Å². The number of H-pyrrole nitrogens is 1. The third-order valence-corrected chi connectivity index (χ3v) is 4.04. The lowest BCUT2D eigenvalue weighted by Gasteiger charge is -2.04. The molecule has 0 aliphatic heterocycles. The van der Waals surface area contributed by atoms with E-state index < -0.39 is 5.76 Å². The number of oxazole rings is 1. The van der Waals surface area contributed by atoms with Crippen LogP contribution in [0, 0.1) is 0 Å². The monoisotopic (exact) mass is 279 g/mol. The molecule has 0 unspecified atom stereocenters. The van der Waals surface area contributed by atoms with Gasteiger partial charge in [0.2, 0.25) is 0 Å². The van der Waals surface area contributed by atoms with Gasteiger partial charge in [-0.3, -0.25) is 9.78 Å². The van der Waals surface area contributed by atoms with E-state index in [2.05, 4.69) is 4.98 Å². The Morgan fingerprint density at radius 1 is 1.00 bits per heavy atom. The van der Waals surface area contributed by atoms with Gasteiger partial charge in [0.15, 0.2) is 11.4 Å². The van der Waals surface area contributed by atoms with Gasteiger partial charge in [0.25, 0.3) is 0 Å². The molecule has 104 valence electrons. The quantitative estimate of drug-likeness (QED) is 0.734. The summed E-state index contributed by atoms with van der Waals surface area (Å²) in [7, 11) is 0. The number of carbonyl (C=O) groups excluding carboxylic acids is 1. The number of fused-ring (bicyclic) bond motifs is 2. The highest BCUT2D eigenvalue weighted by molar-refractivity contribution is 6.10. The highest BCUT2D eigenvalue weighted by atomic mass is 16.4. The summed E-state index contributed by atoms with van der Waals surface area (Å²) in [5, 5.41) is 0. The molecule has 21 heavy (non-hydrogen) atoms. The highest BCUT2D eigenvalue weighted by Crippen LogP contribution is 2.24. The van der Waals surface area contributed by atoms with E-state index in [9.17, 15) is 9.59 Å². The van der Waals surface area contributed by atoms with Crippen LogP contribution in [0.5, 0.6) is 0 Å². The number of aromatic amines is 1. The van der Waals surface area contributed by atoms with Gasteiger partial charge in [-0.2, -0.15) is 0 Å². The Labute approximate surface area is 120 Å². The van der Waals surface area contributed by atoms with E-state index >= 15 is 0 Å². The Bertz CT molecular complexity index is 917. The zero-order valence-corrected chi connectivity index (χ0v) is 11.3. The van der Waals surface area contributed by atoms with Crippen molar-refractivity contribution in [2.24, 2.45) is 0 Å². The molecular weight excluding hydrogens is 266 g/mol. The van der Waals surface area contributed by atoms with Crippen LogP contribution in [0.15, 0.2) is 45.6 Å². The lowest BCUT2D eigenvalue weighted by Crippen LogP contribution is -2.02. The Balaban J connectivity index is 1.77. The molecule has 0 saturated heterocycles. The van der Waals surface area contributed by atoms with Gasteiger partial charge in [0.1, 0.15) is 0 Å². The molecule has 1 N–H and O–H groups in total. The van der Waals surface area contributed by atoms with E-state index in [0.29, 0.717) is 22.2 Å². The number of aryl methyl sites for hydroxylation is 2. The van der Waals surface area contributed by atoms with Gasteiger partial charge in [0, 0.05) is 11.1 Å². The standard InChI is InChI=1S/C17H13NO3/c19-16(12-5-4-10-2-1-3-11(10)8-12)13-6-7-14-15(9-13)21-17(20)18-14/h4-9H,1-3H2,(H,18,20). The van der Waals surface area contributed by atoms with Crippen LogP contribution in [-0.4, -0.2) is 10.8 Å². The highest BCUT2D eigenvalue weighted by Gasteiger charge is 2.16. The van der Waals surface area contributed by atoms with Gasteiger partial charge in [-0.15, -0.1) is 0 Å². The largest absolute Gasteiger partial charge is 0.417 e. The van der Waals surface area contributed by atoms with E-state index in [4.69, 9.17) is 4.42 Å². The predicted molar refractivity (Wildman–Crippen MR) is 78.7 cm³/mol. The smallest absolute Gasteiger partial charge is 0.408 e. The topological polar surface area (TPSA) is 63.1 Å². The van der Waals surface area contributed by atoms with Crippen LogP contribution in [0.2, 0.25) is 0 Å². The first-order chi connectivity index (χ1) is 10.2. The minimum atomic E-state index is -0.507. The number of carbonyl (C=O) groups is 1. The van der Waals surface area contributed by atoms with Crippen LogP contribution in [-0.2, 0) is 12.8 Å². The first-order valence-electron chi connectivity index (χ1n) is 7.00. The van der Waals surface area contributed by atoms with E-state index in [-0.39, 0.29) is 5.78 Å². The summed E-state index contributed by atoms with van der Waals surface area (Å²) >= 11 is 0. The second kappa shape index (κ2) is 4.45. The molecule has 0 atom stereocenters. The maximum Gasteiger partial charge on any atom is 0.417 e. The van der Waals surface area contributed by atoms with Crippen LogP contribution in [0.4, 0.5) is 0 Å². The minimum Gasteiger partial charge on any atom is -0.408 e. The van der Waals surface area contributed by atoms with Crippen LogP contribution in [0.3, 0.4) is 0 Å². The molecule has 1 heterocycles. The van der Waals surface area contributed by atoms with Crippen molar-refractivity contribution in [3.05, 3.63) is 69.2 Å². The number of ketones is 1. The van der Waals surface area contributed by atoms with Crippen LogP contribution >= 0.6 is 0 Å². The maximum absolute atomic E-state index is 12.6. The van der Waals surface area contributed by atoms with Crippen molar-refractivity contribution in [2.45, 2.75) is 19.3 Å². The van der Waals surface area contributed by atoms with E-state index in [1.165, 1.54) is 11.1 Å². The minimum absolute atomic E-state index is 0.0459. The van der Waals surface area contributed by atoms with Gasteiger partial charge in [-0.25, -0.2) is 4.79 Å². The molecule has 3 aromatic rings. The summed E-state index contributed by atoms with van der Waals surface area (Å²) in [5.41, 5.74) is 4.85. The van der Waals surface area contributed by atoms with Gasteiger partial charge >= 0.3 is 5.76 Å². The van der Waals surface area contributed by atoms with Gasteiger partial charge < -0.3 is 4.42 Å². The summed E-state index contributed by atoms with van der Waals surface area (Å²) in [6.45, 7) is 0. The van der Waals surface area contributed by atoms with Crippen molar-refractivity contribution in [1.29, 1.82) is 0 Å². The van der Waals surface area contributed by atoms with Crippen molar-refractivity contribution in [2.75, 3.05) is 0 Å². The molecule has 0 saturated carbocycles. The molecule has 4 nitrogen and oxygen atoms in total. The number of rotatable bonds is 2. The molecule has 1 aliphatic rings. The second-order valence-electron chi connectivity index (χ2n) is 5.39. The number of benzene rings is 2. The van der Waals surface area contributed by atoms with Crippen molar-refractivity contribution in [3.8, 4) is 0 Å². The molecule has 0 radical (unpaired) electrons. The zero-order chi connectivity index (χ0) is 14.4. The zero-order valence-electron chi connectivity index (χ0n) is 11.3. The number of hydrogen-bond acceptors (Lipinski definition) is 3. The average Bonchev–Trinajstić information content (AvgIpc) is 3.09. The van der Waals surface area contributed by atoms with Crippen LogP contribution in [0.1, 0.15) is 33.5 Å². The lowest BCUT2D eigenvalue weighted by atomic mass is 9.99. The van der Waals surface area contributed by atoms with E-state index in [1.54, 1.807) is 18.2 Å². The summed E-state index contributed by atoms with van der Waals surface area (Å²) in [6, 6.07) is 10.9. The Morgan fingerprint density at radius 3 is 2.67 bits per heavy atom. The average molecular weight is 279 g/mol. The Kier molecular flexibility index (Phi) is 2.57. The molecule has 4 heteroatoms. The molecular formula is C17H13NO3. The molecule has 0 bridgehead atoms. The first-order valence-corrected chi connectivity index (χ1v) is 7.00. The molecule has 1 aliphatic carbocycles. The summed E-state index contributed by atoms with van der Waals surface area (Å²) in [4.78, 5) is 26.3. The van der Waals surface area contributed by atoms with Crippen molar-refractivity contribution in [1.82, 2.24) is 4.98 Å². The molecule has 0 spiro atoms. The molecule has 1 aromatic heterocycles. The van der Waals surface area contributed by atoms with Gasteiger partial charge in [-0.1, -0.05) is 12.1 Å². The van der Waals surface area contributed by atoms with Crippen LogP contribution < -0.4 is 5.76 Å². The summed E-state index contributed by atoms with van der Waals surface area (Å²) in [5.74, 6) is -0.553. The van der Waals surface area contributed by atoms with Crippen molar-refractivity contribution >= 4 is 16.9 Å². The fourth-order valence-electron chi connectivity index (χ4n) is 2.97. The summed E-state index contributed by atoms with van der Waals surface area (Å²) in [6.07, 6.45) is 3.31. The normalized spacial score (nSPS) is 13.5. The second-order valence-corrected chi connectivity index (χ2v) is 5.39. The van der Waals surface area contributed by atoms with Crippen LogP contribution in [0.25, 0.3) is 11.1 Å². The SMILES string of the molecule is O=C(c1ccc2c(c1)CCC2)c1ccc2[nH]c(=O)oc2c1. The maximum atomic E-state index is 12.6.